The molecule has 1 N–H and O–H groups in total. The summed E-state index contributed by atoms with van der Waals surface area (Å²) < 4.78 is 5.73. The van der Waals surface area contributed by atoms with Crippen molar-refractivity contribution in [2.75, 3.05) is 13.7 Å². The van der Waals surface area contributed by atoms with Gasteiger partial charge < -0.3 is 10.1 Å². The molecule has 1 atom stereocenters. The average molecular weight is 155 g/mol. The van der Waals surface area contributed by atoms with Gasteiger partial charge in [-0.1, -0.05) is 0 Å². The first kappa shape index (κ1) is 7.56. The summed E-state index contributed by atoms with van der Waals surface area (Å²) in [7, 11) is 2.06. The van der Waals surface area contributed by atoms with Crippen LogP contribution in [0.5, 0.6) is 0 Å². The summed E-state index contributed by atoms with van der Waals surface area (Å²) in [6, 6.07) is 0. The van der Waals surface area contributed by atoms with Crippen molar-refractivity contribution in [3.05, 3.63) is 0 Å². The van der Waals surface area contributed by atoms with Crippen LogP contribution < -0.4 is 5.32 Å². The molecular formula is C9H17NO. The molecule has 1 heterocycles. The summed E-state index contributed by atoms with van der Waals surface area (Å²) in [6.07, 6.45) is 7.02. The second-order valence-corrected chi connectivity index (χ2v) is 3.76. The fraction of sp³-hybridized carbons (Fsp3) is 1.00. The third kappa shape index (κ3) is 1.30. The lowest BCUT2D eigenvalue weighted by molar-refractivity contribution is -0.0132. The molecule has 2 fully saturated rings. The molecule has 0 aromatic rings. The molecular weight excluding hydrogens is 138 g/mol. The van der Waals surface area contributed by atoms with Crippen LogP contribution in [0.1, 0.15) is 32.1 Å². The van der Waals surface area contributed by atoms with Gasteiger partial charge in [0.1, 0.15) is 0 Å². The fourth-order valence-corrected chi connectivity index (χ4v) is 2.04. The molecule has 0 aromatic heterocycles. The van der Waals surface area contributed by atoms with Crippen LogP contribution in [0.4, 0.5) is 0 Å². The van der Waals surface area contributed by atoms with Crippen molar-refractivity contribution >= 4 is 0 Å². The topological polar surface area (TPSA) is 21.3 Å². The largest absolute Gasteiger partial charge is 0.376 e. The van der Waals surface area contributed by atoms with E-state index in [-0.39, 0.29) is 0 Å². The first-order valence-electron chi connectivity index (χ1n) is 4.68. The number of nitrogens with one attached hydrogen (secondary N) is 1. The van der Waals surface area contributed by atoms with Crippen LogP contribution in [0.25, 0.3) is 0 Å². The van der Waals surface area contributed by atoms with Crippen LogP contribution in [0, 0.1) is 0 Å². The second kappa shape index (κ2) is 2.76. The van der Waals surface area contributed by atoms with E-state index >= 15 is 0 Å². The van der Waals surface area contributed by atoms with Gasteiger partial charge >= 0.3 is 0 Å². The molecule has 2 heteroatoms. The Morgan fingerprint density at radius 2 is 2.18 bits per heavy atom. The summed E-state index contributed by atoms with van der Waals surface area (Å²) in [5, 5.41) is 3.40. The van der Waals surface area contributed by atoms with Gasteiger partial charge in [-0.25, -0.2) is 0 Å². The van der Waals surface area contributed by atoms with Gasteiger partial charge in [-0.3, -0.25) is 0 Å². The molecule has 0 radical (unpaired) electrons. The highest BCUT2D eigenvalue weighted by Crippen LogP contribution is 2.42. The zero-order valence-electron chi connectivity index (χ0n) is 7.23. The van der Waals surface area contributed by atoms with E-state index in [4.69, 9.17) is 4.74 Å². The molecule has 1 saturated heterocycles. The minimum Gasteiger partial charge on any atom is -0.376 e. The van der Waals surface area contributed by atoms with Gasteiger partial charge in [-0.2, -0.15) is 0 Å². The van der Waals surface area contributed by atoms with Gasteiger partial charge in [-0.15, -0.1) is 0 Å². The predicted octanol–water partition coefficient (Wildman–Crippen LogP) is 1.31. The van der Waals surface area contributed by atoms with E-state index in [1.807, 2.05) is 0 Å². The quantitative estimate of drug-likeness (QED) is 0.649. The van der Waals surface area contributed by atoms with Gasteiger partial charge in [-0.05, 0) is 39.2 Å². The van der Waals surface area contributed by atoms with E-state index < -0.39 is 0 Å². The van der Waals surface area contributed by atoms with Crippen molar-refractivity contribution in [3.8, 4) is 0 Å². The van der Waals surface area contributed by atoms with Crippen molar-refractivity contribution in [1.82, 2.24) is 5.32 Å². The van der Waals surface area contributed by atoms with Crippen LogP contribution >= 0.6 is 0 Å². The monoisotopic (exact) mass is 155 g/mol. The zero-order valence-corrected chi connectivity index (χ0v) is 7.23. The standard InChI is InChI=1S/C9H17NO/c1-10-9(5-6-9)8-4-2-3-7-11-8/h8,10H,2-7H2,1H3. The van der Waals surface area contributed by atoms with Crippen molar-refractivity contribution in [2.45, 2.75) is 43.7 Å². The van der Waals surface area contributed by atoms with Crippen LogP contribution in [0.2, 0.25) is 0 Å². The lowest BCUT2D eigenvalue weighted by atomic mass is 10.0. The Kier molecular flexibility index (Phi) is 1.90. The maximum Gasteiger partial charge on any atom is 0.0756 e. The van der Waals surface area contributed by atoms with E-state index in [1.54, 1.807) is 0 Å². The van der Waals surface area contributed by atoms with Crippen LogP contribution in [0.3, 0.4) is 0 Å². The molecule has 0 bridgehead atoms. The molecule has 1 saturated carbocycles. The summed E-state index contributed by atoms with van der Waals surface area (Å²) in [5.41, 5.74) is 0.389. The normalized spacial score (nSPS) is 35.2. The van der Waals surface area contributed by atoms with Gasteiger partial charge in [0, 0.05) is 12.1 Å². The molecule has 2 nitrogen and oxygen atoms in total. The van der Waals surface area contributed by atoms with Crippen molar-refractivity contribution in [2.24, 2.45) is 0 Å². The Labute approximate surface area is 68.3 Å². The molecule has 64 valence electrons. The lowest BCUT2D eigenvalue weighted by Crippen LogP contribution is -2.43. The van der Waals surface area contributed by atoms with E-state index in [2.05, 4.69) is 12.4 Å². The predicted molar refractivity (Wildman–Crippen MR) is 44.6 cm³/mol. The van der Waals surface area contributed by atoms with Gasteiger partial charge in [0.15, 0.2) is 0 Å². The van der Waals surface area contributed by atoms with E-state index in [0.717, 1.165) is 6.61 Å². The Morgan fingerprint density at radius 1 is 1.36 bits per heavy atom. The van der Waals surface area contributed by atoms with Gasteiger partial charge in [0.05, 0.1) is 6.10 Å². The average Bonchev–Trinajstić information content (AvgIpc) is 2.86. The SMILES string of the molecule is CNC1(C2CCCCO2)CC1. The molecule has 11 heavy (non-hydrogen) atoms. The van der Waals surface area contributed by atoms with Gasteiger partial charge in [0.25, 0.3) is 0 Å². The number of ether oxygens (including phenoxy) is 1. The maximum atomic E-state index is 5.73. The smallest absolute Gasteiger partial charge is 0.0756 e. The Balaban J connectivity index is 1.92. The highest BCUT2D eigenvalue weighted by atomic mass is 16.5. The lowest BCUT2D eigenvalue weighted by Gasteiger charge is -2.30. The highest BCUT2D eigenvalue weighted by Gasteiger charge is 2.48. The third-order valence-electron chi connectivity index (χ3n) is 3.08. The second-order valence-electron chi connectivity index (χ2n) is 3.76. The molecule has 0 aromatic carbocycles. The first-order valence-corrected chi connectivity index (χ1v) is 4.68. The van der Waals surface area contributed by atoms with Gasteiger partial charge in [0.2, 0.25) is 0 Å². The summed E-state index contributed by atoms with van der Waals surface area (Å²) >= 11 is 0. The number of hydrogen-bond donors (Lipinski definition) is 1. The van der Waals surface area contributed by atoms with Crippen molar-refractivity contribution in [3.63, 3.8) is 0 Å². The Hall–Kier alpha value is -0.0800. The molecule has 1 aliphatic heterocycles. The van der Waals surface area contributed by atoms with Crippen LogP contribution in [-0.2, 0) is 4.74 Å². The maximum absolute atomic E-state index is 5.73. The molecule has 0 spiro atoms. The van der Waals surface area contributed by atoms with E-state index in [9.17, 15) is 0 Å². The van der Waals surface area contributed by atoms with Crippen molar-refractivity contribution in [1.29, 1.82) is 0 Å². The third-order valence-corrected chi connectivity index (χ3v) is 3.08. The van der Waals surface area contributed by atoms with Crippen LogP contribution in [0.15, 0.2) is 0 Å². The molecule has 0 amide bonds. The highest BCUT2D eigenvalue weighted by molar-refractivity contribution is 5.07. The minimum atomic E-state index is 0.389. The van der Waals surface area contributed by atoms with Crippen LogP contribution in [-0.4, -0.2) is 25.3 Å². The number of hydrogen-bond acceptors (Lipinski definition) is 2. The van der Waals surface area contributed by atoms with E-state index in [0.29, 0.717) is 11.6 Å². The first-order chi connectivity index (χ1) is 5.37. The molecule has 2 rings (SSSR count). The summed E-state index contributed by atoms with van der Waals surface area (Å²) in [5.74, 6) is 0. The fourth-order valence-electron chi connectivity index (χ4n) is 2.04. The summed E-state index contributed by atoms with van der Waals surface area (Å²) in [6.45, 7) is 0.980. The Morgan fingerprint density at radius 3 is 2.64 bits per heavy atom. The molecule has 1 unspecified atom stereocenters. The van der Waals surface area contributed by atoms with Crippen molar-refractivity contribution < 1.29 is 4.74 Å². The Bertz CT molecular complexity index is 136. The molecule has 2 aliphatic rings. The summed E-state index contributed by atoms with van der Waals surface area (Å²) in [4.78, 5) is 0. The minimum absolute atomic E-state index is 0.389. The number of likely N-dealkylation sites (N-methyl/N-ethyl adjacent to an activating group) is 1. The molecule has 1 aliphatic carbocycles. The van der Waals surface area contributed by atoms with E-state index in [1.165, 1.54) is 32.1 Å². The zero-order chi connectivity index (χ0) is 7.73. The number of rotatable bonds is 2.